The lowest BCUT2D eigenvalue weighted by molar-refractivity contribution is 0.0539. The summed E-state index contributed by atoms with van der Waals surface area (Å²) < 4.78 is 5.80. The summed E-state index contributed by atoms with van der Waals surface area (Å²) in [4.78, 5) is 21.6. The van der Waals surface area contributed by atoms with Crippen LogP contribution in [0.25, 0.3) is 16.8 Å². The van der Waals surface area contributed by atoms with Gasteiger partial charge in [-0.25, -0.2) is 0 Å². The molecule has 4 aromatic rings. The second-order valence-electron chi connectivity index (χ2n) is 7.89. The van der Waals surface area contributed by atoms with E-state index in [-0.39, 0.29) is 11.9 Å². The number of para-hydroxylation sites is 3. The Labute approximate surface area is 179 Å². The van der Waals surface area contributed by atoms with Gasteiger partial charge in [0.2, 0.25) is 0 Å². The molecule has 1 saturated heterocycles. The number of carbonyl (C=O) groups excluding carboxylic acids is 1. The van der Waals surface area contributed by atoms with Crippen LogP contribution in [0.4, 0.5) is 6.01 Å². The van der Waals surface area contributed by atoms with Crippen molar-refractivity contribution in [2.24, 2.45) is 5.92 Å². The number of oxazole rings is 1. The van der Waals surface area contributed by atoms with Gasteiger partial charge in [0.15, 0.2) is 5.58 Å². The maximum absolute atomic E-state index is 13.6. The van der Waals surface area contributed by atoms with Crippen LogP contribution in [0.3, 0.4) is 0 Å². The van der Waals surface area contributed by atoms with Gasteiger partial charge in [-0.2, -0.15) is 20.0 Å². The summed E-state index contributed by atoms with van der Waals surface area (Å²) in [5.41, 5.74) is 2.84. The monoisotopic (exact) mass is 416 g/mol. The summed E-state index contributed by atoms with van der Waals surface area (Å²) in [5, 5.41) is 11.7. The van der Waals surface area contributed by atoms with Crippen LogP contribution in [0, 0.1) is 5.92 Å². The highest BCUT2D eigenvalue weighted by molar-refractivity contribution is 5.98. The number of likely N-dealkylation sites (tertiary alicyclic amines) is 1. The number of amides is 1. The fourth-order valence-electron chi connectivity index (χ4n) is 4.28. The normalized spacial score (nSPS) is 18.9. The molecule has 158 valence electrons. The molecule has 0 bridgehead atoms. The molecule has 8 heteroatoms. The number of anilines is 1. The molecule has 0 aliphatic carbocycles. The fraction of sp³-hybridized carbons (Fsp3) is 0.304. The molecule has 2 aromatic heterocycles. The highest BCUT2D eigenvalue weighted by atomic mass is 16.4. The van der Waals surface area contributed by atoms with Crippen LogP contribution in [0.15, 0.2) is 65.3 Å². The molecule has 8 nitrogen and oxygen atoms in total. The van der Waals surface area contributed by atoms with Crippen molar-refractivity contribution in [3.05, 3.63) is 66.5 Å². The van der Waals surface area contributed by atoms with Crippen molar-refractivity contribution >= 4 is 23.0 Å². The van der Waals surface area contributed by atoms with Gasteiger partial charge in [0.1, 0.15) is 5.52 Å². The SMILES string of the molecule is C[C@@H]1CCCN(C(=O)c2ccccc2-n2nccn2)C1CNc1nc2ccccc2o1. The van der Waals surface area contributed by atoms with E-state index in [0.717, 1.165) is 23.9 Å². The van der Waals surface area contributed by atoms with Gasteiger partial charge in [-0.05, 0) is 43.0 Å². The van der Waals surface area contributed by atoms with Crippen molar-refractivity contribution in [2.45, 2.75) is 25.8 Å². The van der Waals surface area contributed by atoms with Crippen LogP contribution in [0.2, 0.25) is 0 Å². The zero-order chi connectivity index (χ0) is 21.2. The standard InChI is InChI=1S/C23H24N6O2/c1-16-7-6-14-28(20(16)15-24-23-27-18-9-3-5-11-21(18)31-23)22(30)17-8-2-4-10-19(17)29-25-12-13-26-29/h2-5,8-13,16,20H,6-7,14-15H2,1H3,(H,24,27)/t16-,20?/m1/s1. The molecule has 2 aromatic carbocycles. The smallest absolute Gasteiger partial charge is 0.295 e. The predicted octanol–water partition coefficient (Wildman–Crippen LogP) is 3.76. The maximum atomic E-state index is 13.6. The third-order valence-corrected chi connectivity index (χ3v) is 5.90. The fourth-order valence-corrected chi connectivity index (χ4v) is 4.28. The Balaban J connectivity index is 1.39. The minimum absolute atomic E-state index is 0.0104. The van der Waals surface area contributed by atoms with Crippen molar-refractivity contribution in [3.8, 4) is 5.69 Å². The van der Waals surface area contributed by atoms with E-state index in [1.54, 1.807) is 12.4 Å². The summed E-state index contributed by atoms with van der Waals surface area (Å²) in [6.07, 6.45) is 5.27. The van der Waals surface area contributed by atoms with Gasteiger partial charge in [0, 0.05) is 13.1 Å². The van der Waals surface area contributed by atoms with Crippen molar-refractivity contribution in [1.29, 1.82) is 0 Å². The zero-order valence-electron chi connectivity index (χ0n) is 17.3. The number of nitrogens with zero attached hydrogens (tertiary/aromatic N) is 5. The molecular weight excluding hydrogens is 392 g/mol. The Kier molecular flexibility index (Phi) is 5.11. The highest BCUT2D eigenvalue weighted by Gasteiger charge is 2.33. The van der Waals surface area contributed by atoms with Gasteiger partial charge in [-0.15, -0.1) is 0 Å². The number of nitrogens with one attached hydrogen (secondary N) is 1. The minimum Gasteiger partial charge on any atom is -0.424 e. The van der Waals surface area contributed by atoms with E-state index in [2.05, 4.69) is 27.4 Å². The molecule has 1 aliphatic rings. The summed E-state index contributed by atoms with van der Waals surface area (Å²) in [5.74, 6) is 0.341. The van der Waals surface area contributed by atoms with E-state index in [4.69, 9.17) is 4.42 Å². The van der Waals surface area contributed by atoms with Crippen molar-refractivity contribution in [1.82, 2.24) is 24.9 Å². The molecule has 0 saturated carbocycles. The van der Waals surface area contributed by atoms with Crippen LogP contribution in [-0.4, -0.2) is 49.9 Å². The summed E-state index contributed by atoms with van der Waals surface area (Å²) in [7, 11) is 0. The average molecular weight is 416 g/mol. The number of hydrogen-bond donors (Lipinski definition) is 1. The Bertz CT molecular complexity index is 1150. The minimum atomic E-state index is -0.0104. The van der Waals surface area contributed by atoms with Crippen LogP contribution in [-0.2, 0) is 0 Å². The number of fused-ring (bicyclic) bond motifs is 1. The third kappa shape index (κ3) is 3.76. The number of carbonyl (C=O) groups is 1. The zero-order valence-corrected chi connectivity index (χ0v) is 17.3. The molecule has 1 amide bonds. The van der Waals surface area contributed by atoms with Crippen molar-refractivity contribution in [3.63, 3.8) is 0 Å². The Hall–Kier alpha value is -3.68. The van der Waals surface area contributed by atoms with Crippen LogP contribution < -0.4 is 5.32 Å². The number of aromatic nitrogens is 4. The van der Waals surface area contributed by atoms with Gasteiger partial charge in [0.05, 0.1) is 29.7 Å². The topological polar surface area (TPSA) is 89.1 Å². The van der Waals surface area contributed by atoms with E-state index >= 15 is 0 Å². The predicted molar refractivity (Wildman–Crippen MR) is 117 cm³/mol. The maximum Gasteiger partial charge on any atom is 0.295 e. The first-order chi connectivity index (χ1) is 15.2. The van der Waals surface area contributed by atoms with Crippen molar-refractivity contribution in [2.75, 3.05) is 18.4 Å². The second-order valence-corrected chi connectivity index (χ2v) is 7.89. The first-order valence-electron chi connectivity index (χ1n) is 10.6. The first kappa shape index (κ1) is 19.3. The van der Waals surface area contributed by atoms with Gasteiger partial charge < -0.3 is 14.6 Å². The first-order valence-corrected chi connectivity index (χ1v) is 10.6. The molecule has 1 aliphatic heterocycles. The molecule has 1 fully saturated rings. The summed E-state index contributed by atoms with van der Waals surface area (Å²) in [6, 6.07) is 15.6. The van der Waals surface area contributed by atoms with Gasteiger partial charge in [0.25, 0.3) is 11.9 Å². The van der Waals surface area contributed by atoms with E-state index in [1.165, 1.54) is 4.80 Å². The largest absolute Gasteiger partial charge is 0.424 e. The molecular formula is C23H24N6O2. The molecule has 0 radical (unpaired) electrons. The van der Waals surface area contributed by atoms with E-state index in [0.29, 0.717) is 36.3 Å². The quantitative estimate of drug-likeness (QED) is 0.533. The lowest BCUT2D eigenvalue weighted by atomic mass is 9.90. The summed E-state index contributed by atoms with van der Waals surface area (Å²) >= 11 is 0. The summed E-state index contributed by atoms with van der Waals surface area (Å²) in [6.45, 7) is 3.48. The van der Waals surface area contributed by atoms with Crippen LogP contribution in [0.5, 0.6) is 0 Å². The van der Waals surface area contributed by atoms with Gasteiger partial charge >= 0.3 is 0 Å². The van der Waals surface area contributed by atoms with Gasteiger partial charge in [-0.3, -0.25) is 4.79 Å². The molecule has 3 heterocycles. The van der Waals surface area contributed by atoms with Crippen LogP contribution >= 0.6 is 0 Å². The lowest BCUT2D eigenvalue weighted by Crippen LogP contribution is -2.51. The Morgan fingerprint density at radius 1 is 1.13 bits per heavy atom. The Morgan fingerprint density at radius 2 is 1.90 bits per heavy atom. The molecule has 1 N–H and O–H groups in total. The van der Waals surface area contributed by atoms with E-state index in [1.807, 2.05) is 53.4 Å². The number of benzene rings is 2. The molecule has 2 atom stereocenters. The lowest BCUT2D eigenvalue weighted by Gasteiger charge is -2.40. The molecule has 0 spiro atoms. The average Bonchev–Trinajstić information content (AvgIpc) is 3.47. The number of hydrogen-bond acceptors (Lipinski definition) is 6. The van der Waals surface area contributed by atoms with E-state index in [9.17, 15) is 4.79 Å². The van der Waals surface area contributed by atoms with Crippen molar-refractivity contribution < 1.29 is 9.21 Å². The molecule has 5 rings (SSSR count). The number of rotatable bonds is 5. The number of piperidine rings is 1. The molecule has 1 unspecified atom stereocenters. The van der Waals surface area contributed by atoms with E-state index < -0.39 is 0 Å². The van der Waals surface area contributed by atoms with Gasteiger partial charge in [-0.1, -0.05) is 31.2 Å². The Morgan fingerprint density at radius 3 is 2.74 bits per heavy atom. The third-order valence-electron chi connectivity index (χ3n) is 5.90. The second kappa shape index (κ2) is 8.22. The van der Waals surface area contributed by atoms with Crippen LogP contribution in [0.1, 0.15) is 30.1 Å². The molecule has 31 heavy (non-hydrogen) atoms. The highest BCUT2D eigenvalue weighted by Crippen LogP contribution is 2.27.